The van der Waals surface area contributed by atoms with Crippen LogP contribution in [-0.2, 0) is 4.79 Å². The number of hydrogen-bond donors (Lipinski definition) is 1. The van der Waals surface area contributed by atoms with Crippen LogP contribution in [0.4, 0.5) is 0 Å². The first-order valence-corrected chi connectivity index (χ1v) is 6.60. The van der Waals surface area contributed by atoms with E-state index in [4.69, 9.17) is 0 Å². The van der Waals surface area contributed by atoms with E-state index in [-0.39, 0.29) is 11.8 Å². The Morgan fingerprint density at radius 1 is 1.29 bits per heavy atom. The van der Waals surface area contributed by atoms with Gasteiger partial charge in [-0.15, -0.1) is 0 Å². The minimum atomic E-state index is 0.255. The quantitative estimate of drug-likeness (QED) is 0.847. The van der Waals surface area contributed by atoms with E-state index in [9.17, 15) is 4.79 Å². The average molecular weight is 231 g/mol. The van der Waals surface area contributed by atoms with Crippen molar-refractivity contribution in [2.24, 2.45) is 5.92 Å². The van der Waals surface area contributed by atoms with Crippen molar-refractivity contribution in [1.29, 1.82) is 0 Å². The molecule has 1 aliphatic carbocycles. The van der Waals surface area contributed by atoms with Crippen molar-refractivity contribution in [2.75, 3.05) is 6.54 Å². The van der Waals surface area contributed by atoms with Crippen LogP contribution in [0.25, 0.3) is 0 Å². The van der Waals surface area contributed by atoms with Gasteiger partial charge in [-0.1, -0.05) is 50.1 Å². The van der Waals surface area contributed by atoms with Gasteiger partial charge >= 0.3 is 0 Å². The molecular weight excluding hydrogens is 210 g/mol. The summed E-state index contributed by atoms with van der Waals surface area (Å²) in [4.78, 5) is 11.9. The normalized spacial score (nSPS) is 17.9. The van der Waals surface area contributed by atoms with E-state index in [0.29, 0.717) is 5.92 Å². The van der Waals surface area contributed by atoms with Gasteiger partial charge in [0.25, 0.3) is 0 Å². The van der Waals surface area contributed by atoms with Gasteiger partial charge in [0.15, 0.2) is 0 Å². The molecule has 1 aromatic rings. The summed E-state index contributed by atoms with van der Waals surface area (Å²) in [6, 6.07) is 10.3. The second kappa shape index (κ2) is 5.85. The van der Waals surface area contributed by atoms with Gasteiger partial charge in [0.1, 0.15) is 0 Å². The smallest absolute Gasteiger partial charge is 0.223 e. The maximum absolute atomic E-state index is 11.9. The predicted octanol–water partition coefficient (Wildman–Crippen LogP) is 3.10. The van der Waals surface area contributed by atoms with Crippen LogP contribution >= 0.6 is 0 Å². The van der Waals surface area contributed by atoms with Crippen molar-refractivity contribution in [3.8, 4) is 0 Å². The molecule has 2 heteroatoms. The molecule has 1 aromatic carbocycles. The topological polar surface area (TPSA) is 29.1 Å². The Bertz CT molecular complexity index is 354. The van der Waals surface area contributed by atoms with Gasteiger partial charge in [0.2, 0.25) is 5.91 Å². The number of carbonyl (C=O) groups excluding carboxylic acids is 1. The van der Waals surface area contributed by atoms with Gasteiger partial charge in [-0.3, -0.25) is 4.79 Å². The monoisotopic (exact) mass is 231 g/mol. The molecule has 17 heavy (non-hydrogen) atoms. The molecular formula is C15H21NO. The second-order valence-electron chi connectivity index (χ2n) is 5.04. The molecule has 92 valence electrons. The van der Waals surface area contributed by atoms with E-state index >= 15 is 0 Å². The van der Waals surface area contributed by atoms with Crippen LogP contribution < -0.4 is 5.32 Å². The third-order valence-electron chi connectivity index (χ3n) is 3.68. The maximum Gasteiger partial charge on any atom is 0.223 e. The molecule has 2 nitrogen and oxygen atoms in total. The van der Waals surface area contributed by atoms with Gasteiger partial charge in [-0.25, -0.2) is 0 Å². The lowest BCUT2D eigenvalue weighted by atomic mass is 10.0. The van der Waals surface area contributed by atoms with Crippen molar-refractivity contribution in [1.82, 2.24) is 5.32 Å². The Labute approximate surface area is 103 Å². The zero-order chi connectivity index (χ0) is 12.1. The van der Waals surface area contributed by atoms with E-state index in [1.165, 1.54) is 18.4 Å². The second-order valence-corrected chi connectivity index (χ2v) is 5.04. The molecule has 0 bridgehead atoms. The molecule has 0 aliphatic heterocycles. The molecule has 0 spiro atoms. The molecule has 1 atom stereocenters. The summed E-state index contributed by atoms with van der Waals surface area (Å²) in [6.45, 7) is 2.91. The molecule has 2 rings (SSSR count). The molecule has 0 aromatic heterocycles. The Morgan fingerprint density at radius 2 is 1.94 bits per heavy atom. The lowest BCUT2D eigenvalue weighted by molar-refractivity contribution is -0.124. The minimum absolute atomic E-state index is 0.255. The van der Waals surface area contributed by atoms with Crippen molar-refractivity contribution >= 4 is 5.91 Å². The first kappa shape index (κ1) is 12.2. The van der Waals surface area contributed by atoms with Gasteiger partial charge in [0.05, 0.1) is 0 Å². The number of nitrogens with one attached hydrogen (secondary N) is 1. The molecule has 1 N–H and O–H groups in total. The molecule has 1 aliphatic rings. The average Bonchev–Trinajstić information content (AvgIpc) is 2.90. The summed E-state index contributed by atoms with van der Waals surface area (Å²) in [7, 11) is 0. The molecule has 1 unspecified atom stereocenters. The number of carbonyl (C=O) groups is 1. The van der Waals surface area contributed by atoms with Crippen LogP contribution in [0.3, 0.4) is 0 Å². The van der Waals surface area contributed by atoms with Gasteiger partial charge in [-0.2, -0.15) is 0 Å². The molecule has 0 heterocycles. The van der Waals surface area contributed by atoms with Gasteiger partial charge in [-0.05, 0) is 24.3 Å². The summed E-state index contributed by atoms with van der Waals surface area (Å²) in [6.07, 6.45) is 4.58. The first-order valence-electron chi connectivity index (χ1n) is 6.60. The summed E-state index contributed by atoms with van der Waals surface area (Å²) >= 11 is 0. The zero-order valence-electron chi connectivity index (χ0n) is 10.5. The Balaban J connectivity index is 1.80. The van der Waals surface area contributed by atoms with E-state index in [1.54, 1.807) is 0 Å². The summed E-state index contributed by atoms with van der Waals surface area (Å²) < 4.78 is 0. The predicted molar refractivity (Wildman–Crippen MR) is 69.8 cm³/mol. The SMILES string of the molecule is CC(CNC(=O)C1CCCC1)c1ccccc1. The van der Waals surface area contributed by atoms with E-state index in [0.717, 1.165) is 19.4 Å². The highest BCUT2D eigenvalue weighted by Gasteiger charge is 2.22. The highest BCUT2D eigenvalue weighted by molar-refractivity contribution is 5.78. The Morgan fingerprint density at radius 3 is 2.59 bits per heavy atom. The molecule has 0 radical (unpaired) electrons. The van der Waals surface area contributed by atoms with E-state index in [2.05, 4.69) is 24.4 Å². The van der Waals surface area contributed by atoms with Crippen LogP contribution in [0, 0.1) is 5.92 Å². The lowest BCUT2D eigenvalue weighted by Gasteiger charge is -2.15. The maximum atomic E-state index is 11.9. The first-order chi connectivity index (χ1) is 8.27. The van der Waals surface area contributed by atoms with Crippen molar-refractivity contribution in [3.63, 3.8) is 0 Å². The van der Waals surface area contributed by atoms with Gasteiger partial charge < -0.3 is 5.32 Å². The van der Waals surface area contributed by atoms with Crippen LogP contribution in [-0.4, -0.2) is 12.5 Å². The highest BCUT2D eigenvalue weighted by Crippen LogP contribution is 2.24. The zero-order valence-corrected chi connectivity index (χ0v) is 10.5. The Hall–Kier alpha value is -1.31. The third-order valence-corrected chi connectivity index (χ3v) is 3.68. The fraction of sp³-hybridized carbons (Fsp3) is 0.533. The minimum Gasteiger partial charge on any atom is -0.355 e. The fourth-order valence-electron chi connectivity index (χ4n) is 2.49. The third kappa shape index (κ3) is 3.32. The lowest BCUT2D eigenvalue weighted by Crippen LogP contribution is -2.32. The summed E-state index contributed by atoms with van der Waals surface area (Å²) in [5, 5.41) is 3.08. The van der Waals surface area contributed by atoms with Crippen molar-refractivity contribution < 1.29 is 4.79 Å². The van der Waals surface area contributed by atoms with Crippen LogP contribution in [0.15, 0.2) is 30.3 Å². The van der Waals surface area contributed by atoms with Crippen LogP contribution in [0.2, 0.25) is 0 Å². The van der Waals surface area contributed by atoms with Gasteiger partial charge in [0, 0.05) is 12.5 Å². The summed E-state index contributed by atoms with van der Waals surface area (Å²) in [5.74, 6) is 0.921. The van der Waals surface area contributed by atoms with Crippen LogP contribution in [0.1, 0.15) is 44.1 Å². The molecule has 1 amide bonds. The number of benzene rings is 1. The van der Waals surface area contributed by atoms with Crippen molar-refractivity contribution in [3.05, 3.63) is 35.9 Å². The van der Waals surface area contributed by atoms with Crippen LogP contribution in [0.5, 0.6) is 0 Å². The van der Waals surface area contributed by atoms with E-state index < -0.39 is 0 Å². The molecule has 1 fully saturated rings. The highest BCUT2D eigenvalue weighted by atomic mass is 16.1. The molecule has 1 saturated carbocycles. The largest absolute Gasteiger partial charge is 0.355 e. The number of amides is 1. The standard InChI is InChI=1S/C15H21NO/c1-12(13-7-3-2-4-8-13)11-16-15(17)14-9-5-6-10-14/h2-4,7-8,12,14H,5-6,9-11H2,1H3,(H,16,17). The number of hydrogen-bond acceptors (Lipinski definition) is 1. The number of rotatable bonds is 4. The van der Waals surface area contributed by atoms with E-state index in [1.807, 2.05) is 18.2 Å². The van der Waals surface area contributed by atoms with Crippen molar-refractivity contribution in [2.45, 2.75) is 38.5 Å². The Kier molecular flexibility index (Phi) is 4.18. The fourth-order valence-corrected chi connectivity index (χ4v) is 2.49. The molecule has 0 saturated heterocycles. The summed E-state index contributed by atoms with van der Waals surface area (Å²) in [5.41, 5.74) is 1.29.